The molecule has 1 aromatic rings. The Morgan fingerprint density at radius 3 is 3.00 bits per heavy atom. The second-order valence-electron chi connectivity index (χ2n) is 2.54. The van der Waals surface area contributed by atoms with E-state index in [9.17, 15) is 4.79 Å². The lowest BCUT2D eigenvalue weighted by Crippen LogP contribution is -2.32. The third-order valence-corrected chi connectivity index (χ3v) is 2.60. The number of hydrogen-bond acceptors (Lipinski definition) is 7. The number of methoxy groups -OCH3 is 1. The van der Waals surface area contributed by atoms with Crippen LogP contribution in [0.4, 0.5) is 0 Å². The van der Waals surface area contributed by atoms with Crippen molar-refractivity contribution in [3.05, 3.63) is 15.5 Å². The third-order valence-electron chi connectivity index (χ3n) is 1.73. The first-order valence-corrected chi connectivity index (χ1v) is 4.97. The summed E-state index contributed by atoms with van der Waals surface area (Å²) in [6.07, 6.45) is 1.16. The normalized spacial score (nSPS) is 23.3. The molecule has 0 N–H and O–H groups in total. The number of hydrogen-bond donors (Lipinski definition) is 0. The lowest BCUT2D eigenvalue weighted by Gasteiger charge is -2.14. The average molecular weight is 244 g/mol. The Kier molecular flexibility index (Phi) is 2.49. The summed E-state index contributed by atoms with van der Waals surface area (Å²) in [5, 5.41) is 9.96. The van der Waals surface area contributed by atoms with E-state index in [1.807, 2.05) is 0 Å². The molecule has 2 rings (SSSR count). The summed E-state index contributed by atoms with van der Waals surface area (Å²) in [7, 11) is 1.24. The van der Waals surface area contributed by atoms with Crippen LogP contribution in [0, 0.1) is 5.38 Å². The van der Waals surface area contributed by atoms with Crippen LogP contribution in [0.2, 0.25) is 4.47 Å². The zero-order valence-corrected chi connectivity index (χ0v) is 9.04. The van der Waals surface area contributed by atoms with Crippen molar-refractivity contribution in [1.82, 2.24) is 4.98 Å². The maximum atomic E-state index is 11.6. The summed E-state index contributed by atoms with van der Waals surface area (Å²) in [6, 6.07) is 0. The largest absolute Gasteiger partial charge is 0.465 e. The van der Waals surface area contributed by atoms with E-state index in [-0.39, 0.29) is 10.2 Å². The lowest BCUT2D eigenvalue weighted by atomic mass is 10.1. The molecule has 0 saturated carbocycles. The number of nitrogens with zero attached hydrogens (tertiary/aromatic N) is 4. The Hall–Kier alpha value is -1.34. The number of azo groups is 1. The van der Waals surface area contributed by atoms with Gasteiger partial charge in [-0.2, -0.15) is 0 Å². The molecule has 77 valence electrons. The minimum atomic E-state index is -1.56. The van der Waals surface area contributed by atoms with E-state index in [1.165, 1.54) is 7.11 Å². The van der Waals surface area contributed by atoms with E-state index >= 15 is 0 Å². The Balaban J connectivity index is 2.49. The van der Waals surface area contributed by atoms with Crippen molar-refractivity contribution in [2.45, 2.75) is 5.66 Å². The number of halogens is 1. The molecule has 1 unspecified atom stereocenters. The van der Waals surface area contributed by atoms with Crippen LogP contribution in [-0.2, 0) is 15.2 Å². The molecule has 1 radical (unpaired) electrons. The van der Waals surface area contributed by atoms with Gasteiger partial charge >= 0.3 is 11.6 Å². The van der Waals surface area contributed by atoms with Crippen LogP contribution in [0.25, 0.3) is 0 Å². The molecule has 15 heavy (non-hydrogen) atoms. The zero-order valence-electron chi connectivity index (χ0n) is 7.47. The fraction of sp³-hybridized carbons (Fsp3) is 0.286. The number of ether oxygens (including phenoxy) is 1. The molecule has 0 aromatic carbocycles. The van der Waals surface area contributed by atoms with Crippen LogP contribution in [-0.4, -0.2) is 24.4 Å². The maximum Gasteiger partial charge on any atom is 0.365 e. The number of rotatable bonds is 2. The van der Waals surface area contributed by atoms with Crippen molar-refractivity contribution >= 4 is 35.2 Å². The Morgan fingerprint density at radius 1 is 1.73 bits per heavy atom. The van der Waals surface area contributed by atoms with Crippen LogP contribution >= 0.6 is 22.9 Å². The quantitative estimate of drug-likeness (QED) is 0.737. The van der Waals surface area contributed by atoms with Crippen LogP contribution in [0.15, 0.2) is 15.2 Å². The molecule has 0 fully saturated rings. The molecule has 1 aliphatic heterocycles. The monoisotopic (exact) mass is 243 g/mol. The topological polar surface area (TPSA) is 76.3 Å². The Morgan fingerprint density at radius 2 is 2.53 bits per heavy atom. The zero-order chi connectivity index (χ0) is 10.9. The Bertz CT molecular complexity index is 444. The minimum absolute atomic E-state index is 0.196. The third kappa shape index (κ3) is 1.53. The second-order valence-corrected chi connectivity index (χ2v) is 3.92. The molecule has 0 saturated heterocycles. The first-order chi connectivity index (χ1) is 7.19. The SMILES string of the molecule is COC(=O)C1(c2[c]sc(Cl)n2)N=CN=N1. The van der Waals surface area contributed by atoms with E-state index in [2.05, 4.69) is 30.3 Å². The molecule has 8 heteroatoms. The van der Waals surface area contributed by atoms with Gasteiger partial charge in [0.1, 0.15) is 12.0 Å². The van der Waals surface area contributed by atoms with Gasteiger partial charge in [-0.1, -0.05) is 11.6 Å². The van der Waals surface area contributed by atoms with Gasteiger partial charge in [0, 0.05) is 0 Å². The van der Waals surface area contributed by atoms with Gasteiger partial charge in [0.15, 0.2) is 4.47 Å². The van der Waals surface area contributed by atoms with E-state index in [1.54, 1.807) is 0 Å². The number of esters is 1. The molecule has 1 aliphatic rings. The van der Waals surface area contributed by atoms with E-state index < -0.39 is 11.6 Å². The van der Waals surface area contributed by atoms with Crippen molar-refractivity contribution in [3.8, 4) is 0 Å². The first-order valence-electron chi connectivity index (χ1n) is 3.77. The molecular weight excluding hydrogens is 240 g/mol. The summed E-state index contributed by atoms with van der Waals surface area (Å²) >= 11 is 6.71. The summed E-state index contributed by atoms with van der Waals surface area (Å²) in [4.78, 5) is 19.3. The van der Waals surface area contributed by atoms with Gasteiger partial charge in [-0.25, -0.2) is 14.8 Å². The van der Waals surface area contributed by atoms with Crippen molar-refractivity contribution < 1.29 is 9.53 Å². The molecule has 0 aliphatic carbocycles. The van der Waals surface area contributed by atoms with Gasteiger partial charge < -0.3 is 4.74 Å². The van der Waals surface area contributed by atoms with E-state index in [4.69, 9.17) is 11.6 Å². The summed E-state index contributed by atoms with van der Waals surface area (Å²) in [6.45, 7) is 0. The molecular formula is C7H4ClN4O2S. The molecule has 0 spiro atoms. The first kappa shape index (κ1) is 10.2. The van der Waals surface area contributed by atoms with Crippen molar-refractivity contribution in [2.75, 3.05) is 7.11 Å². The van der Waals surface area contributed by atoms with Crippen LogP contribution in [0.1, 0.15) is 5.69 Å². The van der Waals surface area contributed by atoms with Gasteiger partial charge in [0.2, 0.25) is 0 Å². The van der Waals surface area contributed by atoms with Gasteiger partial charge in [0.25, 0.3) is 0 Å². The smallest absolute Gasteiger partial charge is 0.365 e. The highest BCUT2D eigenvalue weighted by Gasteiger charge is 2.46. The second kappa shape index (κ2) is 3.67. The van der Waals surface area contributed by atoms with E-state index in [0.717, 1.165) is 17.7 Å². The molecule has 2 heterocycles. The summed E-state index contributed by atoms with van der Waals surface area (Å²) < 4.78 is 4.85. The summed E-state index contributed by atoms with van der Waals surface area (Å²) in [5.41, 5.74) is -1.36. The average Bonchev–Trinajstić information content (AvgIpc) is 2.85. The highest BCUT2D eigenvalue weighted by atomic mass is 35.5. The van der Waals surface area contributed by atoms with Gasteiger partial charge in [0.05, 0.1) is 12.5 Å². The van der Waals surface area contributed by atoms with Crippen molar-refractivity contribution in [3.63, 3.8) is 0 Å². The van der Waals surface area contributed by atoms with Crippen LogP contribution < -0.4 is 0 Å². The maximum absolute atomic E-state index is 11.6. The number of aromatic nitrogens is 1. The molecule has 1 aromatic heterocycles. The summed E-state index contributed by atoms with van der Waals surface area (Å²) in [5.74, 6) is -0.668. The number of carbonyl (C=O) groups is 1. The molecule has 1 atom stereocenters. The highest BCUT2D eigenvalue weighted by Crippen LogP contribution is 2.33. The van der Waals surface area contributed by atoms with Crippen LogP contribution in [0.3, 0.4) is 0 Å². The fourth-order valence-electron chi connectivity index (χ4n) is 1.06. The van der Waals surface area contributed by atoms with Crippen molar-refractivity contribution in [2.24, 2.45) is 15.2 Å². The van der Waals surface area contributed by atoms with Gasteiger partial charge in [-0.15, -0.1) is 21.6 Å². The highest BCUT2D eigenvalue weighted by molar-refractivity contribution is 7.13. The Labute approximate surface area is 93.7 Å². The van der Waals surface area contributed by atoms with Gasteiger partial charge in [-0.05, 0) is 0 Å². The van der Waals surface area contributed by atoms with E-state index in [0.29, 0.717) is 0 Å². The van der Waals surface area contributed by atoms with Crippen LogP contribution in [0.5, 0.6) is 0 Å². The molecule has 0 bridgehead atoms. The molecule has 6 nitrogen and oxygen atoms in total. The standard InChI is InChI=1S/C7H4ClN4O2S/c1-14-5(13)7(9-3-10-12-7)4-2-15-6(8)11-4/h3H,1H3. The lowest BCUT2D eigenvalue weighted by molar-refractivity contribution is -0.147. The molecule has 0 amide bonds. The predicted octanol–water partition coefficient (Wildman–Crippen LogP) is 1.42. The number of aliphatic imine (C=N–C) groups is 1. The van der Waals surface area contributed by atoms with Gasteiger partial charge in [-0.3, -0.25) is 0 Å². The van der Waals surface area contributed by atoms with Crippen molar-refractivity contribution in [1.29, 1.82) is 0 Å². The minimum Gasteiger partial charge on any atom is -0.465 e. The number of carbonyl (C=O) groups excluding carboxylic acids is 1. The predicted molar refractivity (Wildman–Crippen MR) is 53.0 cm³/mol. The number of thiazole rings is 1. The fourth-order valence-corrected chi connectivity index (χ4v) is 1.76.